The van der Waals surface area contributed by atoms with Gasteiger partial charge in [-0.05, 0) is 71.1 Å². The Morgan fingerprint density at radius 1 is 1.20 bits per heavy atom. The molecule has 2 aliphatic rings. The van der Waals surface area contributed by atoms with Crippen LogP contribution in [0.25, 0.3) is 0 Å². The summed E-state index contributed by atoms with van der Waals surface area (Å²) in [5, 5.41) is 3.73. The van der Waals surface area contributed by atoms with Crippen LogP contribution < -0.4 is 5.32 Å². The number of nitrogens with one attached hydrogen (secondary N) is 1. The molecular formula is C17H23BrFN. The predicted octanol–water partition coefficient (Wildman–Crippen LogP) is 4.83. The van der Waals surface area contributed by atoms with Gasteiger partial charge in [-0.3, -0.25) is 0 Å². The third kappa shape index (κ3) is 3.62. The van der Waals surface area contributed by atoms with Gasteiger partial charge in [-0.1, -0.05) is 25.3 Å². The minimum absolute atomic E-state index is 0.164. The Hall–Kier alpha value is -0.410. The van der Waals surface area contributed by atoms with Crippen LogP contribution in [0, 0.1) is 11.2 Å². The molecule has 1 aromatic rings. The molecule has 0 spiro atoms. The van der Waals surface area contributed by atoms with Crippen LogP contribution in [0.4, 0.5) is 4.39 Å². The lowest BCUT2D eigenvalue weighted by atomic mass is 9.70. The van der Waals surface area contributed by atoms with E-state index in [1.807, 2.05) is 12.1 Å². The highest BCUT2D eigenvalue weighted by Gasteiger charge is 2.34. The molecule has 0 radical (unpaired) electrons. The highest BCUT2D eigenvalue weighted by Crippen LogP contribution is 2.40. The van der Waals surface area contributed by atoms with Gasteiger partial charge >= 0.3 is 0 Å². The molecule has 0 amide bonds. The second-order valence-electron chi connectivity index (χ2n) is 6.64. The Labute approximate surface area is 129 Å². The van der Waals surface area contributed by atoms with Crippen molar-refractivity contribution in [1.29, 1.82) is 0 Å². The Bertz CT molecular complexity index is 464. The third-order valence-electron chi connectivity index (χ3n) is 4.82. The van der Waals surface area contributed by atoms with Crippen molar-refractivity contribution in [2.45, 2.75) is 57.4 Å². The Morgan fingerprint density at radius 2 is 1.95 bits per heavy atom. The Kier molecular flexibility index (Phi) is 4.46. The maximum absolute atomic E-state index is 13.4. The van der Waals surface area contributed by atoms with Crippen molar-refractivity contribution in [3.63, 3.8) is 0 Å². The molecule has 20 heavy (non-hydrogen) atoms. The molecule has 0 saturated heterocycles. The maximum atomic E-state index is 13.4. The highest BCUT2D eigenvalue weighted by atomic mass is 79.9. The second-order valence-corrected chi connectivity index (χ2v) is 7.50. The zero-order valence-electron chi connectivity index (χ0n) is 11.9. The van der Waals surface area contributed by atoms with Crippen LogP contribution in [0.15, 0.2) is 22.7 Å². The molecule has 3 rings (SSSR count). The van der Waals surface area contributed by atoms with Crippen LogP contribution >= 0.6 is 15.9 Å². The van der Waals surface area contributed by atoms with Gasteiger partial charge in [0.25, 0.3) is 0 Å². The maximum Gasteiger partial charge on any atom is 0.137 e. The van der Waals surface area contributed by atoms with E-state index in [2.05, 4.69) is 21.2 Å². The van der Waals surface area contributed by atoms with E-state index >= 15 is 0 Å². The summed E-state index contributed by atoms with van der Waals surface area (Å²) in [5.41, 5.74) is 1.65. The fraction of sp³-hybridized carbons (Fsp3) is 0.647. The number of benzene rings is 1. The van der Waals surface area contributed by atoms with E-state index in [1.165, 1.54) is 50.5 Å². The van der Waals surface area contributed by atoms with Gasteiger partial charge < -0.3 is 5.32 Å². The van der Waals surface area contributed by atoms with E-state index in [0.717, 1.165) is 19.0 Å². The number of halogens is 2. The molecule has 2 aliphatic carbocycles. The van der Waals surface area contributed by atoms with Gasteiger partial charge in [0, 0.05) is 12.6 Å². The first-order valence-electron chi connectivity index (χ1n) is 7.84. The number of hydrogen-bond donors (Lipinski definition) is 1. The molecule has 0 bridgehead atoms. The molecule has 110 valence electrons. The normalized spacial score (nSPS) is 21.9. The van der Waals surface area contributed by atoms with Gasteiger partial charge in [0.1, 0.15) is 5.82 Å². The van der Waals surface area contributed by atoms with Crippen molar-refractivity contribution in [2.75, 3.05) is 6.54 Å². The van der Waals surface area contributed by atoms with Crippen molar-refractivity contribution in [3.8, 4) is 0 Å². The highest BCUT2D eigenvalue weighted by molar-refractivity contribution is 9.10. The summed E-state index contributed by atoms with van der Waals surface area (Å²) >= 11 is 3.31. The summed E-state index contributed by atoms with van der Waals surface area (Å²) in [7, 11) is 0. The van der Waals surface area contributed by atoms with Crippen LogP contribution in [0.5, 0.6) is 0 Å². The Morgan fingerprint density at radius 3 is 2.60 bits per heavy atom. The molecule has 1 aromatic carbocycles. The molecule has 2 saturated carbocycles. The van der Waals surface area contributed by atoms with Crippen LogP contribution in [0.2, 0.25) is 0 Å². The third-order valence-corrected chi connectivity index (χ3v) is 5.43. The first-order chi connectivity index (χ1) is 9.67. The van der Waals surface area contributed by atoms with Gasteiger partial charge in [-0.25, -0.2) is 4.39 Å². The van der Waals surface area contributed by atoms with Gasteiger partial charge in [0.05, 0.1) is 4.47 Å². The van der Waals surface area contributed by atoms with E-state index in [4.69, 9.17) is 0 Å². The van der Waals surface area contributed by atoms with Gasteiger partial charge in [0.15, 0.2) is 0 Å². The van der Waals surface area contributed by atoms with Crippen LogP contribution in [-0.4, -0.2) is 12.6 Å². The summed E-state index contributed by atoms with van der Waals surface area (Å²) in [6.07, 6.45) is 10.4. The van der Waals surface area contributed by atoms with E-state index in [0.29, 0.717) is 9.89 Å². The first-order valence-corrected chi connectivity index (χ1v) is 8.64. The predicted molar refractivity (Wildman–Crippen MR) is 84.3 cm³/mol. The summed E-state index contributed by atoms with van der Waals surface area (Å²) in [4.78, 5) is 0. The molecule has 0 heterocycles. The van der Waals surface area contributed by atoms with Crippen molar-refractivity contribution < 1.29 is 4.39 Å². The van der Waals surface area contributed by atoms with Crippen molar-refractivity contribution in [3.05, 3.63) is 34.1 Å². The minimum atomic E-state index is -0.164. The topological polar surface area (TPSA) is 12.0 Å². The van der Waals surface area contributed by atoms with Gasteiger partial charge in [-0.15, -0.1) is 0 Å². The lowest BCUT2D eigenvalue weighted by Crippen LogP contribution is -2.38. The zero-order chi connectivity index (χ0) is 14.0. The Balaban J connectivity index is 1.71. The van der Waals surface area contributed by atoms with Crippen LogP contribution in [-0.2, 0) is 6.42 Å². The van der Waals surface area contributed by atoms with Crippen molar-refractivity contribution in [2.24, 2.45) is 5.41 Å². The molecule has 0 aliphatic heterocycles. The number of hydrogen-bond acceptors (Lipinski definition) is 1. The summed E-state index contributed by atoms with van der Waals surface area (Å²) in [6.45, 7) is 1.13. The number of rotatable bonds is 5. The van der Waals surface area contributed by atoms with Crippen molar-refractivity contribution >= 4 is 15.9 Å². The van der Waals surface area contributed by atoms with Crippen LogP contribution in [0.3, 0.4) is 0 Å². The second kappa shape index (κ2) is 6.15. The van der Waals surface area contributed by atoms with E-state index in [-0.39, 0.29) is 5.82 Å². The fourth-order valence-corrected chi connectivity index (χ4v) is 3.87. The zero-order valence-corrected chi connectivity index (χ0v) is 13.5. The average molecular weight is 340 g/mol. The molecular weight excluding hydrogens is 317 g/mol. The smallest absolute Gasteiger partial charge is 0.137 e. The molecule has 0 aromatic heterocycles. The van der Waals surface area contributed by atoms with Crippen LogP contribution in [0.1, 0.15) is 50.5 Å². The summed E-state index contributed by atoms with van der Waals surface area (Å²) in [6, 6.07) is 6.27. The molecule has 0 unspecified atom stereocenters. The van der Waals surface area contributed by atoms with E-state index in [9.17, 15) is 4.39 Å². The largest absolute Gasteiger partial charge is 0.313 e. The quantitative estimate of drug-likeness (QED) is 0.809. The molecule has 1 N–H and O–H groups in total. The molecule has 3 heteroatoms. The standard InChI is InChI=1S/C17H23BrFN/c18-15-10-13(4-7-16(15)19)11-17(8-2-1-3-9-17)12-20-14-5-6-14/h4,7,10,14,20H,1-3,5-6,8-9,11-12H2. The van der Waals surface area contributed by atoms with Gasteiger partial charge in [0.2, 0.25) is 0 Å². The average Bonchev–Trinajstić information content (AvgIpc) is 3.26. The molecule has 1 nitrogen and oxygen atoms in total. The summed E-state index contributed by atoms with van der Waals surface area (Å²) < 4.78 is 14.0. The molecule has 0 atom stereocenters. The lowest BCUT2D eigenvalue weighted by molar-refractivity contribution is 0.180. The fourth-order valence-electron chi connectivity index (χ4n) is 3.45. The minimum Gasteiger partial charge on any atom is -0.313 e. The van der Waals surface area contributed by atoms with E-state index in [1.54, 1.807) is 6.07 Å². The van der Waals surface area contributed by atoms with Gasteiger partial charge in [-0.2, -0.15) is 0 Å². The lowest BCUT2D eigenvalue weighted by Gasteiger charge is -2.38. The van der Waals surface area contributed by atoms with E-state index < -0.39 is 0 Å². The molecule has 2 fully saturated rings. The van der Waals surface area contributed by atoms with Crippen molar-refractivity contribution in [1.82, 2.24) is 5.32 Å². The SMILES string of the molecule is Fc1ccc(CC2(CNC3CC3)CCCCC2)cc1Br. The summed E-state index contributed by atoms with van der Waals surface area (Å²) in [5.74, 6) is -0.164. The monoisotopic (exact) mass is 339 g/mol. The first kappa shape index (κ1) is 14.5.